The van der Waals surface area contributed by atoms with Crippen LogP contribution in [0, 0.1) is 18.6 Å². The largest absolute Gasteiger partial charge is 0.453 e. The molecule has 0 spiro atoms. The molecule has 0 unspecified atom stereocenters. The number of morpholine rings is 1. The number of carbonyl (C=O) groups is 2. The molecule has 2 amide bonds. The highest BCUT2D eigenvalue weighted by molar-refractivity contribution is 5.95. The van der Waals surface area contributed by atoms with Crippen LogP contribution in [-0.2, 0) is 15.9 Å². The topological polar surface area (TPSA) is 96.6 Å². The number of carbonyl (C=O) groups excluding carboxylic acids is 2. The summed E-state index contributed by atoms with van der Waals surface area (Å²) < 4.78 is 43.2. The Labute approximate surface area is 205 Å². The summed E-state index contributed by atoms with van der Waals surface area (Å²) in [5.74, 6) is -2.38. The third kappa shape index (κ3) is 4.40. The summed E-state index contributed by atoms with van der Waals surface area (Å²) >= 11 is 0. The Morgan fingerprint density at radius 3 is 2.56 bits per heavy atom. The van der Waals surface area contributed by atoms with Gasteiger partial charge < -0.3 is 28.8 Å². The zero-order valence-electron chi connectivity index (χ0n) is 19.9. The van der Waals surface area contributed by atoms with E-state index < -0.39 is 35.8 Å². The lowest BCUT2D eigenvalue weighted by atomic mass is 10.0. The summed E-state index contributed by atoms with van der Waals surface area (Å²) in [5, 5.41) is 9.44. The first-order valence-electron chi connectivity index (χ1n) is 11.6. The van der Waals surface area contributed by atoms with Crippen LogP contribution in [0.1, 0.15) is 21.6 Å². The predicted molar refractivity (Wildman–Crippen MR) is 125 cm³/mol. The van der Waals surface area contributed by atoms with E-state index in [0.29, 0.717) is 24.5 Å². The fourth-order valence-corrected chi connectivity index (χ4v) is 4.67. The van der Waals surface area contributed by atoms with E-state index in [1.165, 1.54) is 16.9 Å². The Kier molecular flexibility index (Phi) is 6.35. The van der Waals surface area contributed by atoms with Gasteiger partial charge in [0.15, 0.2) is 0 Å². The number of likely N-dealkylation sites (tertiary alicyclic amines) is 1. The van der Waals surface area contributed by atoms with Gasteiger partial charge in [-0.1, -0.05) is 0 Å². The second kappa shape index (κ2) is 9.47. The lowest BCUT2D eigenvalue weighted by Gasteiger charge is -2.35. The number of aryl methyl sites for hydroxylation is 1. The standard InChI is InChI=1S/C25H26F2N4O5/c1-14-3-4-31-20(10-17-13-29(5-6-36-17)25(34)35-2)23(28-21(31)7-14)22-18(26)8-15(9-19(22)27)24(33)30-11-16(32)12-30/h3-4,7-9,16-17,32H,5-6,10-13H2,1-2H3/t17-/m0/s1. The number of imidazole rings is 1. The molecule has 2 saturated heterocycles. The maximum Gasteiger partial charge on any atom is 0.409 e. The molecule has 190 valence electrons. The van der Waals surface area contributed by atoms with Gasteiger partial charge in [-0.2, -0.15) is 0 Å². The van der Waals surface area contributed by atoms with Crippen LogP contribution < -0.4 is 0 Å². The zero-order valence-corrected chi connectivity index (χ0v) is 19.9. The molecule has 5 rings (SSSR count). The number of amides is 2. The molecule has 9 nitrogen and oxygen atoms in total. The SMILES string of the molecule is COC(=O)N1CCO[C@@H](Cc2c(-c3c(F)cc(C(=O)N4CC(O)C4)cc3F)nc3cc(C)ccn23)C1. The number of methoxy groups -OCH3 is 1. The highest BCUT2D eigenvalue weighted by Crippen LogP contribution is 2.32. The zero-order chi connectivity index (χ0) is 25.6. The Morgan fingerprint density at radius 2 is 1.89 bits per heavy atom. The van der Waals surface area contributed by atoms with E-state index in [2.05, 4.69) is 4.98 Å². The molecule has 0 bridgehead atoms. The van der Waals surface area contributed by atoms with Crippen molar-refractivity contribution in [1.82, 2.24) is 19.2 Å². The highest BCUT2D eigenvalue weighted by atomic mass is 19.1. The van der Waals surface area contributed by atoms with Crippen LogP contribution >= 0.6 is 0 Å². The molecule has 0 saturated carbocycles. The number of ether oxygens (including phenoxy) is 2. The molecular formula is C25H26F2N4O5. The third-order valence-electron chi connectivity index (χ3n) is 6.55. The number of benzene rings is 1. The van der Waals surface area contributed by atoms with E-state index in [1.54, 1.807) is 16.7 Å². The molecule has 1 atom stereocenters. The minimum atomic E-state index is -0.915. The molecule has 0 radical (unpaired) electrons. The van der Waals surface area contributed by atoms with E-state index in [0.717, 1.165) is 17.7 Å². The summed E-state index contributed by atoms with van der Waals surface area (Å²) in [6.07, 6.45) is 0.481. The van der Waals surface area contributed by atoms with E-state index in [9.17, 15) is 14.7 Å². The molecule has 36 heavy (non-hydrogen) atoms. The van der Waals surface area contributed by atoms with Gasteiger partial charge in [0.25, 0.3) is 5.91 Å². The van der Waals surface area contributed by atoms with Crippen molar-refractivity contribution in [3.05, 3.63) is 58.9 Å². The van der Waals surface area contributed by atoms with Crippen LogP contribution in [-0.4, -0.2) is 88.4 Å². The van der Waals surface area contributed by atoms with E-state index in [-0.39, 0.29) is 42.9 Å². The maximum absolute atomic E-state index is 15.4. The lowest BCUT2D eigenvalue weighted by molar-refractivity contribution is -0.0241. The van der Waals surface area contributed by atoms with Gasteiger partial charge in [-0.3, -0.25) is 4.79 Å². The molecule has 11 heteroatoms. The number of aliphatic hydroxyl groups excluding tert-OH is 1. The Morgan fingerprint density at radius 1 is 1.17 bits per heavy atom. The summed E-state index contributed by atoms with van der Waals surface area (Å²) in [6.45, 7) is 3.09. The molecule has 2 aliphatic heterocycles. The fraction of sp³-hybridized carbons (Fsp3) is 0.400. The van der Waals surface area contributed by atoms with Gasteiger partial charge in [0.1, 0.15) is 17.3 Å². The first-order chi connectivity index (χ1) is 17.2. The average molecular weight is 501 g/mol. The van der Waals surface area contributed by atoms with Crippen molar-refractivity contribution < 1.29 is 33.0 Å². The first-order valence-corrected chi connectivity index (χ1v) is 11.6. The van der Waals surface area contributed by atoms with Crippen molar-refractivity contribution in [2.45, 2.75) is 25.6 Å². The summed E-state index contributed by atoms with van der Waals surface area (Å²) in [7, 11) is 1.31. The number of pyridine rings is 1. The molecule has 2 fully saturated rings. The van der Waals surface area contributed by atoms with Gasteiger partial charge in [0.2, 0.25) is 0 Å². The molecule has 2 aliphatic rings. The number of β-amino-alcohol motifs (C(OH)–C–C–N with tert-alkyl or cyclic N) is 1. The summed E-state index contributed by atoms with van der Waals surface area (Å²) in [6, 6.07) is 5.67. The number of rotatable bonds is 4. The Balaban J connectivity index is 1.53. The second-order valence-corrected chi connectivity index (χ2v) is 9.13. The molecule has 1 aromatic carbocycles. The number of aromatic nitrogens is 2. The van der Waals surface area contributed by atoms with Crippen molar-refractivity contribution in [3.8, 4) is 11.3 Å². The van der Waals surface area contributed by atoms with Gasteiger partial charge in [-0.15, -0.1) is 0 Å². The highest BCUT2D eigenvalue weighted by Gasteiger charge is 2.32. The van der Waals surface area contributed by atoms with E-state index in [1.807, 2.05) is 13.0 Å². The lowest BCUT2D eigenvalue weighted by Crippen LogP contribution is -2.53. The number of aliphatic hydroxyl groups is 1. The van der Waals surface area contributed by atoms with Crippen molar-refractivity contribution in [1.29, 1.82) is 0 Å². The molecule has 0 aliphatic carbocycles. The van der Waals surface area contributed by atoms with Crippen LogP contribution in [0.5, 0.6) is 0 Å². The number of fused-ring (bicyclic) bond motifs is 1. The summed E-state index contributed by atoms with van der Waals surface area (Å²) in [5.41, 5.74) is 1.58. The Bertz CT molecular complexity index is 1310. The van der Waals surface area contributed by atoms with E-state index in [4.69, 9.17) is 9.47 Å². The van der Waals surface area contributed by atoms with Crippen molar-refractivity contribution >= 4 is 17.6 Å². The number of hydrogen-bond acceptors (Lipinski definition) is 6. The van der Waals surface area contributed by atoms with Gasteiger partial charge in [-0.05, 0) is 36.8 Å². The van der Waals surface area contributed by atoms with Gasteiger partial charge >= 0.3 is 6.09 Å². The van der Waals surface area contributed by atoms with Crippen LogP contribution in [0.15, 0.2) is 30.5 Å². The van der Waals surface area contributed by atoms with Gasteiger partial charge in [-0.25, -0.2) is 18.6 Å². The van der Waals surface area contributed by atoms with Crippen LogP contribution in [0.25, 0.3) is 16.9 Å². The van der Waals surface area contributed by atoms with Crippen LogP contribution in [0.2, 0.25) is 0 Å². The Hall–Kier alpha value is -3.57. The smallest absolute Gasteiger partial charge is 0.409 e. The van der Waals surface area contributed by atoms with Crippen LogP contribution in [0.3, 0.4) is 0 Å². The minimum Gasteiger partial charge on any atom is -0.453 e. The van der Waals surface area contributed by atoms with Gasteiger partial charge in [0, 0.05) is 37.8 Å². The molecule has 1 N–H and O–H groups in total. The quantitative estimate of drug-likeness (QED) is 0.591. The second-order valence-electron chi connectivity index (χ2n) is 9.13. The monoisotopic (exact) mass is 500 g/mol. The number of hydrogen-bond donors (Lipinski definition) is 1. The van der Waals surface area contributed by atoms with Crippen molar-refractivity contribution in [3.63, 3.8) is 0 Å². The molecule has 3 aromatic rings. The van der Waals surface area contributed by atoms with E-state index >= 15 is 8.78 Å². The predicted octanol–water partition coefficient (Wildman–Crippen LogP) is 2.41. The molecule has 4 heterocycles. The molecular weight excluding hydrogens is 474 g/mol. The maximum atomic E-state index is 15.4. The van der Waals surface area contributed by atoms with Crippen molar-refractivity contribution in [2.75, 3.05) is 39.9 Å². The third-order valence-corrected chi connectivity index (χ3v) is 6.55. The van der Waals surface area contributed by atoms with Crippen molar-refractivity contribution in [2.24, 2.45) is 0 Å². The van der Waals surface area contributed by atoms with Gasteiger partial charge in [0.05, 0.1) is 49.4 Å². The first kappa shape index (κ1) is 24.1. The average Bonchev–Trinajstić information content (AvgIpc) is 3.17. The number of nitrogens with zero attached hydrogens (tertiary/aromatic N) is 4. The minimum absolute atomic E-state index is 0.104. The normalized spacial score (nSPS) is 18.4. The number of halogens is 2. The fourth-order valence-electron chi connectivity index (χ4n) is 4.67. The molecule has 2 aromatic heterocycles. The van der Waals surface area contributed by atoms with Crippen LogP contribution in [0.4, 0.5) is 13.6 Å². The summed E-state index contributed by atoms with van der Waals surface area (Å²) in [4.78, 5) is 31.9.